The van der Waals surface area contributed by atoms with Crippen molar-refractivity contribution in [1.29, 1.82) is 0 Å². The van der Waals surface area contributed by atoms with Crippen LogP contribution in [0, 0.1) is 0 Å². The van der Waals surface area contributed by atoms with Gasteiger partial charge in [0.05, 0.1) is 4.93 Å². The van der Waals surface area contributed by atoms with Gasteiger partial charge in [0.1, 0.15) is 0 Å². The van der Waals surface area contributed by atoms with E-state index in [-0.39, 0.29) is 0 Å². The van der Waals surface area contributed by atoms with Gasteiger partial charge in [-0.05, 0) is 43.9 Å². The zero-order valence-electron chi connectivity index (χ0n) is 31.1. The maximum atomic E-state index is 11.3. The van der Waals surface area contributed by atoms with Crippen LogP contribution in [0.2, 0.25) is 0 Å². The zero-order valence-corrected chi connectivity index (χ0v) is 31.9. The average molecular weight is 627 g/mol. The molecule has 1 nitrogen and oxygen atoms in total. The van der Waals surface area contributed by atoms with E-state index < -0.39 is 15.0 Å². The highest BCUT2D eigenvalue weighted by molar-refractivity contribution is 8.34. The summed E-state index contributed by atoms with van der Waals surface area (Å²) < 4.78 is 0. The van der Waals surface area contributed by atoms with Gasteiger partial charge in [-0.25, -0.2) is 10.0 Å². The Morgan fingerprint density at radius 1 is 0.349 bits per heavy atom. The Hall–Kier alpha value is 0.310. The molecule has 1 atom stereocenters. The lowest BCUT2D eigenvalue weighted by Gasteiger charge is -2.48. The first kappa shape index (κ1) is 43.3. The normalized spacial score (nSPS) is 13.9. The summed E-state index contributed by atoms with van der Waals surface area (Å²) in [6.07, 6.45) is 49.2. The lowest BCUT2D eigenvalue weighted by atomic mass is 10.0. The minimum atomic E-state index is -0.951. The van der Waals surface area contributed by atoms with Crippen LogP contribution in [0.15, 0.2) is 0 Å². The van der Waals surface area contributed by atoms with E-state index in [1.807, 2.05) is 0 Å². The summed E-state index contributed by atoms with van der Waals surface area (Å²) in [6, 6.07) is 0. The van der Waals surface area contributed by atoms with Crippen molar-refractivity contribution in [3.05, 3.63) is 0 Å². The van der Waals surface area contributed by atoms with E-state index in [9.17, 15) is 5.11 Å². The van der Waals surface area contributed by atoms with Gasteiger partial charge in [0.25, 0.3) is 0 Å². The monoisotopic (exact) mass is 627 g/mol. The van der Waals surface area contributed by atoms with Gasteiger partial charge in [-0.3, -0.25) is 0 Å². The van der Waals surface area contributed by atoms with E-state index in [1.165, 1.54) is 217 Å². The Morgan fingerprint density at radius 2 is 0.535 bits per heavy atom. The molecule has 0 spiro atoms. The minimum absolute atomic E-state index is 0.446. The molecule has 0 saturated heterocycles. The van der Waals surface area contributed by atoms with Crippen molar-refractivity contribution < 1.29 is 5.11 Å². The van der Waals surface area contributed by atoms with E-state index in [0.717, 1.165) is 6.42 Å². The molecule has 0 aliphatic rings. The van der Waals surface area contributed by atoms with Crippen LogP contribution in [0.5, 0.6) is 0 Å². The molecule has 0 aromatic heterocycles. The smallest absolute Gasteiger partial charge is 0.0918 e. The Bertz CT molecular complexity index is 494. The third kappa shape index (κ3) is 27.2. The van der Waals surface area contributed by atoms with E-state index in [1.54, 1.807) is 0 Å². The van der Waals surface area contributed by atoms with Crippen LogP contribution in [-0.4, -0.2) is 27.8 Å². The highest BCUT2D eigenvalue weighted by atomic mass is 32.3. The summed E-state index contributed by atoms with van der Waals surface area (Å²) in [7, 11) is -0.951. The van der Waals surface area contributed by atoms with Gasteiger partial charge in [0, 0.05) is 0 Å². The highest BCUT2D eigenvalue weighted by Crippen LogP contribution is 2.57. The molecule has 0 aromatic carbocycles. The highest BCUT2D eigenvalue weighted by Gasteiger charge is 2.35. The van der Waals surface area contributed by atoms with Crippen molar-refractivity contribution in [3.8, 4) is 0 Å². The first-order valence-electron chi connectivity index (χ1n) is 20.4. The zero-order chi connectivity index (χ0) is 31.7. The van der Waals surface area contributed by atoms with Gasteiger partial charge in [-0.15, -0.1) is 0 Å². The molecule has 262 valence electrons. The van der Waals surface area contributed by atoms with Crippen molar-refractivity contribution in [2.75, 3.05) is 17.8 Å². The van der Waals surface area contributed by atoms with E-state index >= 15 is 0 Å². The molecule has 0 radical (unpaired) electrons. The van der Waals surface area contributed by atoms with Crippen LogP contribution >= 0.6 is 10.0 Å². The molecule has 0 heterocycles. The average Bonchev–Trinajstić information content (AvgIpc) is 3.00. The van der Waals surface area contributed by atoms with E-state index in [0.29, 0.717) is 0 Å². The summed E-state index contributed by atoms with van der Waals surface area (Å²) in [5, 5.41) is 11.3. The van der Waals surface area contributed by atoms with E-state index in [4.69, 9.17) is 0 Å². The SMILES string of the molecule is CCCCCCCCCCCCCCCCCCS(C)(CCCCCCCCCCCCCCCCCC)C(C)(O)CC. The Labute approximate surface area is 276 Å². The molecule has 0 saturated carbocycles. The van der Waals surface area contributed by atoms with Crippen LogP contribution in [0.3, 0.4) is 0 Å². The third-order valence-electron chi connectivity index (χ3n) is 10.6. The van der Waals surface area contributed by atoms with Crippen molar-refractivity contribution in [3.63, 3.8) is 0 Å². The second kappa shape index (κ2) is 32.3. The van der Waals surface area contributed by atoms with Crippen molar-refractivity contribution >= 4 is 10.0 Å². The molecule has 1 unspecified atom stereocenters. The van der Waals surface area contributed by atoms with Gasteiger partial charge in [-0.1, -0.05) is 213 Å². The van der Waals surface area contributed by atoms with Crippen molar-refractivity contribution in [2.24, 2.45) is 0 Å². The molecule has 0 rings (SSSR count). The maximum absolute atomic E-state index is 11.3. The largest absolute Gasteiger partial charge is 0.381 e. The van der Waals surface area contributed by atoms with Gasteiger partial charge < -0.3 is 5.11 Å². The fraction of sp³-hybridized carbons (Fsp3) is 1.00. The van der Waals surface area contributed by atoms with Crippen molar-refractivity contribution in [2.45, 2.75) is 245 Å². The maximum Gasteiger partial charge on any atom is 0.0918 e. The van der Waals surface area contributed by atoms with Crippen LogP contribution in [0.4, 0.5) is 0 Å². The predicted molar refractivity (Wildman–Crippen MR) is 203 cm³/mol. The number of unbranched alkanes of at least 4 members (excludes halogenated alkanes) is 30. The summed E-state index contributed by atoms with van der Waals surface area (Å²) in [6.45, 7) is 8.96. The quantitative estimate of drug-likeness (QED) is 0.0686. The second-order valence-electron chi connectivity index (χ2n) is 14.8. The van der Waals surface area contributed by atoms with E-state index in [2.05, 4.69) is 34.0 Å². The second-order valence-corrected chi connectivity index (χ2v) is 19.1. The van der Waals surface area contributed by atoms with Gasteiger partial charge in [0.2, 0.25) is 0 Å². The van der Waals surface area contributed by atoms with Crippen molar-refractivity contribution in [1.82, 2.24) is 0 Å². The summed E-state index contributed by atoms with van der Waals surface area (Å²) in [5.41, 5.74) is 0. The topological polar surface area (TPSA) is 20.2 Å². The first-order chi connectivity index (χ1) is 20.9. The molecular formula is C41H86OS. The van der Waals surface area contributed by atoms with Crippen LogP contribution in [0.1, 0.15) is 240 Å². The number of hydrogen-bond acceptors (Lipinski definition) is 1. The molecule has 0 aliphatic heterocycles. The van der Waals surface area contributed by atoms with Crippen LogP contribution in [0.25, 0.3) is 0 Å². The first-order valence-corrected chi connectivity index (χ1v) is 22.8. The number of aliphatic hydroxyl groups is 1. The number of rotatable bonds is 36. The van der Waals surface area contributed by atoms with Gasteiger partial charge >= 0.3 is 0 Å². The molecule has 43 heavy (non-hydrogen) atoms. The summed E-state index contributed by atoms with van der Waals surface area (Å²) >= 11 is 0. The molecule has 0 bridgehead atoms. The molecule has 0 aromatic rings. The Kier molecular flexibility index (Phi) is 32.5. The van der Waals surface area contributed by atoms with Gasteiger partial charge in [-0.2, -0.15) is 0 Å². The van der Waals surface area contributed by atoms with Gasteiger partial charge in [0.15, 0.2) is 0 Å². The Morgan fingerprint density at radius 3 is 0.721 bits per heavy atom. The van der Waals surface area contributed by atoms with Crippen LogP contribution in [-0.2, 0) is 0 Å². The predicted octanol–water partition coefficient (Wildman–Crippen LogP) is 15.1. The Balaban J connectivity index is 3.74. The molecular weight excluding hydrogens is 541 g/mol. The fourth-order valence-corrected chi connectivity index (χ4v) is 10.3. The lowest BCUT2D eigenvalue weighted by molar-refractivity contribution is 0.148. The van der Waals surface area contributed by atoms with Crippen LogP contribution < -0.4 is 0 Å². The molecule has 0 amide bonds. The molecule has 2 heteroatoms. The lowest BCUT2D eigenvalue weighted by Crippen LogP contribution is -2.34. The minimum Gasteiger partial charge on any atom is -0.381 e. The number of hydrogen-bond donors (Lipinski definition) is 1. The summed E-state index contributed by atoms with van der Waals surface area (Å²) in [4.78, 5) is -0.446. The molecule has 0 aliphatic carbocycles. The molecule has 0 fully saturated rings. The third-order valence-corrected chi connectivity index (χ3v) is 15.4. The fourth-order valence-electron chi connectivity index (χ4n) is 6.83. The molecule has 1 N–H and O–H groups in total. The standard InChI is InChI=1S/C41H86OS/c1-6-9-11-13-15-17-19-21-23-25-27-29-31-33-35-37-39-43(5,41(4,42)8-3)40-38-36-34-32-30-28-26-24-22-20-18-16-14-12-10-7-2/h42H,6-40H2,1-5H3. The summed E-state index contributed by atoms with van der Waals surface area (Å²) in [5.74, 6) is 2.57.